The van der Waals surface area contributed by atoms with Gasteiger partial charge in [-0.3, -0.25) is 4.99 Å². The van der Waals surface area contributed by atoms with Crippen molar-refractivity contribution in [1.82, 2.24) is 14.5 Å². The predicted molar refractivity (Wildman–Crippen MR) is 117 cm³/mol. The first kappa shape index (κ1) is 22.4. The number of sulfonamides is 1. The minimum absolute atomic E-state index is 0. The van der Waals surface area contributed by atoms with Crippen LogP contribution in [0.4, 0.5) is 4.39 Å². The van der Waals surface area contributed by atoms with Crippen molar-refractivity contribution in [3.05, 3.63) is 35.6 Å². The quantitative estimate of drug-likeness (QED) is 0.374. The molecule has 2 aliphatic rings. The maximum atomic E-state index is 13.0. The second-order valence-electron chi connectivity index (χ2n) is 6.97. The summed E-state index contributed by atoms with van der Waals surface area (Å²) in [6.07, 6.45) is 2.71. The van der Waals surface area contributed by atoms with Crippen molar-refractivity contribution in [2.24, 2.45) is 10.9 Å². The van der Waals surface area contributed by atoms with Crippen LogP contribution in [0.15, 0.2) is 29.3 Å². The van der Waals surface area contributed by atoms with Crippen molar-refractivity contribution in [3.63, 3.8) is 0 Å². The Bertz CT molecular complexity index is 742. The molecule has 3 rings (SSSR count). The van der Waals surface area contributed by atoms with Gasteiger partial charge in [0, 0.05) is 39.8 Å². The molecule has 2 heterocycles. The molecule has 0 aliphatic carbocycles. The van der Waals surface area contributed by atoms with Crippen LogP contribution in [-0.2, 0) is 16.4 Å². The molecule has 0 amide bonds. The van der Waals surface area contributed by atoms with E-state index in [1.807, 2.05) is 12.1 Å². The molecule has 0 aromatic heterocycles. The molecule has 2 saturated heterocycles. The Morgan fingerprint density at radius 2 is 2.04 bits per heavy atom. The van der Waals surface area contributed by atoms with Crippen LogP contribution in [0, 0.1) is 11.7 Å². The van der Waals surface area contributed by atoms with E-state index >= 15 is 0 Å². The van der Waals surface area contributed by atoms with E-state index in [0.717, 1.165) is 37.5 Å². The highest BCUT2D eigenvalue weighted by atomic mass is 127. The van der Waals surface area contributed by atoms with Crippen LogP contribution in [-0.4, -0.2) is 69.1 Å². The molecule has 0 radical (unpaired) electrons. The van der Waals surface area contributed by atoms with E-state index in [4.69, 9.17) is 0 Å². The summed E-state index contributed by atoms with van der Waals surface area (Å²) in [5.41, 5.74) is 1.15. The number of halogens is 2. The Hall–Kier alpha value is -0.940. The van der Waals surface area contributed by atoms with E-state index in [2.05, 4.69) is 15.2 Å². The summed E-state index contributed by atoms with van der Waals surface area (Å²) < 4.78 is 38.2. The summed E-state index contributed by atoms with van der Waals surface area (Å²) in [7, 11) is -1.29. The first-order valence-corrected chi connectivity index (χ1v) is 10.8. The SMILES string of the molecule is CN=C(NCCN1CCCS1(=O)=O)N1CCC(Cc2ccc(F)cc2)C1.I. The lowest BCUT2D eigenvalue weighted by molar-refractivity contribution is 0.429. The first-order valence-electron chi connectivity index (χ1n) is 9.16. The van der Waals surface area contributed by atoms with Crippen LogP contribution in [0.25, 0.3) is 0 Å². The molecule has 0 spiro atoms. The lowest BCUT2D eigenvalue weighted by atomic mass is 9.99. The van der Waals surface area contributed by atoms with Gasteiger partial charge >= 0.3 is 0 Å². The monoisotopic (exact) mass is 510 g/mol. The highest BCUT2D eigenvalue weighted by Crippen LogP contribution is 2.21. The first-order chi connectivity index (χ1) is 12.5. The van der Waals surface area contributed by atoms with Gasteiger partial charge in [-0.25, -0.2) is 17.1 Å². The van der Waals surface area contributed by atoms with Crippen molar-refractivity contribution < 1.29 is 12.8 Å². The molecule has 0 saturated carbocycles. The van der Waals surface area contributed by atoms with Crippen molar-refractivity contribution in [2.75, 3.05) is 45.5 Å². The van der Waals surface area contributed by atoms with E-state index in [-0.39, 0.29) is 35.5 Å². The molecule has 0 bridgehead atoms. The fraction of sp³-hybridized carbons (Fsp3) is 0.611. The van der Waals surface area contributed by atoms with Crippen LogP contribution in [0.2, 0.25) is 0 Å². The Morgan fingerprint density at radius 1 is 1.30 bits per heavy atom. The van der Waals surface area contributed by atoms with Crippen molar-refractivity contribution in [3.8, 4) is 0 Å². The molecule has 1 atom stereocenters. The van der Waals surface area contributed by atoms with E-state index in [9.17, 15) is 12.8 Å². The summed E-state index contributed by atoms with van der Waals surface area (Å²) in [6, 6.07) is 6.72. The summed E-state index contributed by atoms with van der Waals surface area (Å²) in [4.78, 5) is 6.55. The van der Waals surface area contributed by atoms with Crippen LogP contribution in [0.3, 0.4) is 0 Å². The van der Waals surface area contributed by atoms with Gasteiger partial charge < -0.3 is 10.2 Å². The van der Waals surface area contributed by atoms with Gasteiger partial charge in [-0.05, 0) is 42.9 Å². The number of nitrogens with zero attached hydrogens (tertiary/aromatic N) is 3. The van der Waals surface area contributed by atoms with Crippen molar-refractivity contribution >= 4 is 40.0 Å². The van der Waals surface area contributed by atoms with Crippen LogP contribution >= 0.6 is 24.0 Å². The maximum Gasteiger partial charge on any atom is 0.214 e. The molecular formula is C18H28FIN4O2S. The summed E-state index contributed by atoms with van der Waals surface area (Å²) >= 11 is 0. The molecule has 2 aliphatic heterocycles. The van der Waals surface area contributed by atoms with Crippen LogP contribution in [0.1, 0.15) is 18.4 Å². The number of likely N-dealkylation sites (tertiary alicyclic amines) is 1. The number of aliphatic imine (C=N–C) groups is 1. The van der Waals surface area contributed by atoms with Gasteiger partial charge in [0.2, 0.25) is 10.0 Å². The maximum absolute atomic E-state index is 13.0. The number of rotatable bonds is 5. The highest BCUT2D eigenvalue weighted by molar-refractivity contribution is 14.0. The summed E-state index contributed by atoms with van der Waals surface area (Å²) in [6.45, 7) is 3.48. The van der Waals surface area contributed by atoms with Gasteiger partial charge in [-0.15, -0.1) is 24.0 Å². The fourth-order valence-corrected chi connectivity index (χ4v) is 5.24. The highest BCUT2D eigenvalue weighted by Gasteiger charge is 2.28. The Labute approximate surface area is 178 Å². The zero-order valence-electron chi connectivity index (χ0n) is 15.6. The second-order valence-corrected chi connectivity index (χ2v) is 9.06. The van der Waals surface area contributed by atoms with Gasteiger partial charge in [-0.2, -0.15) is 0 Å². The Morgan fingerprint density at radius 3 is 2.67 bits per heavy atom. The second kappa shape index (κ2) is 10.0. The minimum Gasteiger partial charge on any atom is -0.355 e. The number of benzene rings is 1. The Balaban J connectivity index is 0.00000261. The fourth-order valence-electron chi connectivity index (χ4n) is 3.71. The van der Waals surface area contributed by atoms with E-state index in [0.29, 0.717) is 32.0 Å². The molecule has 27 heavy (non-hydrogen) atoms. The van der Waals surface area contributed by atoms with Gasteiger partial charge in [0.05, 0.1) is 5.75 Å². The largest absolute Gasteiger partial charge is 0.355 e. The molecule has 1 unspecified atom stereocenters. The number of nitrogens with one attached hydrogen (secondary N) is 1. The molecular weight excluding hydrogens is 482 g/mol. The van der Waals surface area contributed by atoms with Gasteiger partial charge in [0.25, 0.3) is 0 Å². The normalized spacial score (nSPS) is 22.7. The number of guanidine groups is 1. The van der Waals surface area contributed by atoms with Crippen molar-refractivity contribution in [1.29, 1.82) is 0 Å². The standard InChI is InChI=1S/C18H27FN4O2S.HI/c1-20-18(21-8-11-23-9-2-12-26(23,24)25)22-10-7-16(14-22)13-15-3-5-17(19)6-4-15;/h3-6,16H,2,7-14H2,1H3,(H,20,21);1H. The van der Waals surface area contributed by atoms with Gasteiger partial charge in [0.15, 0.2) is 5.96 Å². The molecule has 152 valence electrons. The third-order valence-corrected chi connectivity index (χ3v) is 7.04. The lowest BCUT2D eigenvalue weighted by Gasteiger charge is -2.23. The third-order valence-electron chi connectivity index (χ3n) is 5.08. The molecule has 9 heteroatoms. The van der Waals surface area contributed by atoms with E-state index in [1.165, 1.54) is 12.1 Å². The van der Waals surface area contributed by atoms with Gasteiger partial charge in [-0.1, -0.05) is 12.1 Å². The Kier molecular flexibility index (Phi) is 8.29. The lowest BCUT2D eigenvalue weighted by Crippen LogP contribution is -2.43. The molecule has 1 N–H and O–H groups in total. The number of hydrogen-bond donors (Lipinski definition) is 1. The molecule has 2 fully saturated rings. The molecule has 1 aromatic carbocycles. The predicted octanol–water partition coefficient (Wildman–Crippen LogP) is 1.92. The van der Waals surface area contributed by atoms with Gasteiger partial charge in [0.1, 0.15) is 5.82 Å². The average molecular weight is 510 g/mol. The van der Waals surface area contributed by atoms with E-state index < -0.39 is 10.0 Å². The average Bonchev–Trinajstić information content (AvgIpc) is 3.20. The molecule has 6 nitrogen and oxygen atoms in total. The molecule has 1 aromatic rings. The third kappa shape index (κ3) is 6.02. The van der Waals surface area contributed by atoms with Crippen LogP contribution < -0.4 is 5.32 Å². The number of hydrogen-bond acceptors (Lipinski definition) is 3. The van der Waals surface area contributed by atoms with Crippen molar-refractivity contribution in [2.45, 2.75) is 19.3 Å². The van der Waals surface area contributed by atoms with E-state index in [1.54, 1.807) is 11.4 Å². The summed E-state index contributed by atoms with van der Waals surface area (Å²) in [5.74, 6) is 1.39. The smallest absolute Gasteiger partial charge is 0.214 e. The summed E-state index contributed by atoms with van der Waals surface area (Å²) in [5, 5.41) is 3.29. The zero-order valence-corrected chi connectivity index (χ0v) is 18.8. The zero-order chi connectivity index (χ0) is 18.6. The topological polar surface area (TPSA) is 65.0 Å². The van der Waals surface area contributed by atoms with Crippen LogP contribution in [0.5, 0.6) is 0 Å². The minimum atomic E-state index is -3.04.